The summed E-state index contributed by atoms with van der Waals surface area (Å²) in [6, 6.07) is 0.339. The fourth-order valence-corrected chi connectivity index (χ4v) is 4.05. The van der Waals surface area contributed by atoms with Crippen molar-refractivity contribution in [2.45, 2.75) is 32.2 Å². The van der Waals surface area contributed by atoms with Crippen LogP contribution in [0.5, 0.6) is 0 Å². The van der Waals surface area contributed by atoms with Crippen LogP contribution in [0.3, 0.4) is 0 Å². The van der Waals surface area contributed by atoms with Gasteiger partial charge in [0.05, 0.1) is 11.2 Å². The van der Waals surface area contributed by atoms with Gasteiger partial charge < -0.3 is 10.6 Å². The third kappa shape index (κ3) is 2.06. The molecular weight excluding hydrogens is 246 g/mol. The maximum absolute atomic E-state index is 12.4. The highest BCUT2D eigenvalue weighted by Gasteiger charge is 2.39. The molecule has 98 valence electrons. The average molecular weight is 265 g/mol. The predicted octanol–water partition coefficient (Wildman–Crippen LogP) is 1.65. The Labute approximate surface area is 111 Å². The topological polar surface area (TPSA) is 59.2 Å². The van der Waals surface area contributed by atoms with Gasteiger partial charge in [-0.25, -0.2) is 4.98 Å². The summed E-state index contributed by atoms with van der Waals surface area (Å²) in [5, 5.41) is 0. The smallest absolute Gasteiger partial charge is 0.265 e. The molecule has 0 radical (unpaired) electrons. The Balaban J connectivity index is 1.72. The second kappa shape index (κ2) is 4.63. The van der Waals surface area contributed by atoms with Crippen LogP contribution in [0.25, 0.3) is 0 Å². The molecule has 0 spiro atoms. The van der Waals surface area contributed by atoms with E-state index in [4.69, 9.17) is 5.73 Å². The van der Waals surface area contributed by atoms with Crippen LogP contribution in [0.4, 0.5) is 0 Å². The molecule has 1 saturated carbocycles. The van der Waals surface area contributed by atoms with Crippen molar-refractivity contribution in [3.05, 3.63) is 16.1 Å². The Morgan fingerprint density at radius 2 is 2.22 bits per heavy atom. The Bertz CT molecular complexity index is 459. The summed E-state index contributed by atoms with van der Waals surface area (Å²) < 4.78 is 0. The van der Waals surface area contributed by atoms with Gasteiger partial charge in [0, 0.05) is 19.1 Å². The van der Waals surface area contributed by atoms with Gasteiger partial charge in [-0.15, -0.1) is 11.3 Å². The summed E-state index contributed by atoms with van der Waals surface area (Å²) >= 11 is 1.45. The highest BCUT2D eigenvalue weighted by Crippen LogP contribution is 2.36. The van der Waals surface area contributed by atoms with E-state index in [0.29, 0.717) is 17.9 Å². The lowest BCUT2D eigenvalue weighted by atomic mass is 9.79. The van der Waals surface area contributed by atoms with Crippen LogP contribution in [-0.4, -0.2) is 34.9 Å². The second-order valence-electron chi connectivity index (χ2n) is 5.57. The van der Waals surface area contributed by atoms with Gasteiger partial charge >= 0.3 is 0 Å². The van der Waals surface area contributed by atoms with Gasteiger partial charge in [0.1, 0.15) is 4.88 Å². The van der Waals surface area contributed by atoms with Gasteiger partial charge in [0.2, 0.25) is 0 Å². The first-order chi connectivity index (χ1) is 8.65. The number of thiazole rings is 1. The summed E-state index contributed by atoms with van der Waals surface area (Å²) in [5.74, 6) is 1.45. The molecule has 0 aromatic carbocycles. The van der Waals surface area contributed by atoms with E-state index in [0.717, 1.165) is 36.5 Å². The predicted molar refractivity (Wildman–Crippen MR) is 71.6 cm³/mol. The van der Waals surface area contributed by atoms with E-state index in [1.54, 1.807) is 5.51 Å². The SMILES string of the molecule is Cc1ncsc1C(=O)N1C[C@H]2CCC(N)C[C@H]2C1. The maximum atomic E-state index is 12.4. The molecule has 1 saturated heterocycles. The normalized spacial score (nSPS) is 31.4. The Hall–Kier alpha value is -0.940. The van der Waals surface area contributed by atoms with E-state index in [1.165, 1.54) is 17.8 Å². The van der Waals surface area contributed by atoms with Gasteiger partial charge in [-0.05, 0) is 38.0 Å². The van der Waals surface area contributed by atoms with Crippen molar-refractivity contribution >= 4 is 17.2 Å². The lowest BCUT2D eigenvalue weighted by molar-refractivity contribution is 0.0788. The van der Waals surface area contributed by atoms with E-state index in [1.807, 2.05) is 11.8 Å². The molecule has 2 heterocycles. The zero-order chi connectivity index (χ0) is 12.7. The molecule has 3 rings (SSSR count). The standard InChI is InChI=1S/C13H19N3OS/c1-8-12(18-7-15-8)13(17)16-5-9-2-3-11(14)4-10(9)6-16/h7,9-11H,2-6,14H2,1H3/t9-,10+,11?/m1/s1. The fourth-order valence-electron chi connectivity index (χ4n) is 3.28. The second-order valence-corrected chi connectivity index (χ2v) is 6.43. The van der Waals surface area contributed by atoms with Crippen molar-refractivity contribution in [2.75, 3.05) is 13.1 Å². The summed E-state index contributed by atoms with van der Waals surface area (Å²) in [4.78, 5) is 19.4. The van der Waals surface area contributed by atoms with Crippen LogP contribution < -0.4 is 5.73 Å². The van der Waals surface area contributed by atoms with Gasteiger partial charge in [-0.3, -0.25) is 4.79 Å². The lowest BCUT2D eigenvalue weighted by Crippen LogP contribution is -2.32. The average Bonchev–Trinajstić information content (AvgIpc) is 2.93. The van der Waals surface area contributed by atoms with Crippen molar-refractivity contribution in [2.24, 2.45) is 17.6 Å². The number of fused-ring (bicyclic) bond motifs is 1. The van der Waals surface area contributed by atoms with Gasteiger partial charge in [-0.1, -0.05) is 0 Å². The molecule has 2 N–H and O–H groups in total. The van der Waals surface area contributed by atoms with Crippen molar-refractivity contribution in [3.63, 3.8) is 0 Å². The van der Waals surface area contributed by atoms with Crippen molar-refractivity contribution < 1.29 is 4.79 Å². The van der Waals surface area contributed by atoms with Crippen LogP contribution in [0.1, 0.15) is 34.6 Å². The van der Waals surface area contributed by atoms with E-state index in [-0.39, 0.29) is 5.91 Å². The molecule has 18 heavy (non-hydrogen) atoms. The van der Waals surface area contributed by atoms with Gasteiger partial charge in [0.15, 0.2) is 0 Å². The molecule has 1 aromatic heterocycles. The molecule has 1 amide bonds. The first-order valence-corrected chi connectivity index (χ1v) is 7.48. The summed E-state index contributed by atoms with van der Waals surface area (Å²) in [6.45, 7) is 3.70. The molecule has 1 unspecified atom stereocenters. The largest absolute Gasteiger partial charge is 0.337 e. The number of aromatic nitrogens is 1. The minimum absolute atomic E-state index is 0.165. The van der Waals surface area contributed by atoms with Crippen LogP contribution in [0.2, 0.25) is 0 Å². The number of carbonyl (C=O) groups excluding carboxylic acids is 1. The summed E-state index contributed by atoms with van der Waals surface area (Å²) in [6.07, 6.45) is 3.37. The van der Waals surface area contributed by atoms with Crippen molar-refractivity contribution in [1.82, 2.24) is 9.88 Å². The molecule has 1 aliphatic heterocycles. The zero-order valence-electron chi connectivity index (χ0n) is 10.6. The van der Waals surface area contributed by atoms with Crippen LogP contribution in [0, 0.1) is 18.8 Å². The van der Waals surface area contributed by atoms with Crippen LogP contribution in [0.15, 0.2) is 5.51 Å². The maximum Gasteiger partial charge on any atom is 0.265 e. The molecule has 2 fully saturated rings. The number of nitrogens with two attached hydrogens (primary N) is 1. The van der Waals surface area contributed by atoms with E-state index in [2.05, 4.69) is 4.98 Å². The third-order valence-electron chi connectivity index (χ3n) is 4.32. The third-order valence-corrected chi connectivity index (χ3v) is 5.23. The minimum Gasteiger partial charge on any atom is -0.337 e. The highest BCUT2D eigenvalue weighted by atomic mass is 32.1. The van der Waals surface area contributed by atoms with E-state index < -0.39 is 0 Å². The van der Waals surface area contributed by atoms with Crippen molar-refractivity contribution in [1.29, 1.82) is 0 Å². The van der Waals surface area contributed by atoms with Crippen LogP contribution in [-0.2, 0) is 0 Å². The lowest BCUT2D eigenvalue weighted by Gasteiger charge is -2.27. The Morgan fingerprint density at radius 3 is 2.94 bits per heavy atom. The molecule has 2 aliphatic rings. The van der Waals surface area contributed by atoms with Gasteiger partial charge in [-0.2, -0.15) is 0 Å². The van der Waals surface area contributed by atoms with E-state index in [9.17, 15) is 4.79 Å². The molecule has 4 nitrogen and oxygen atoms in total. The number of carbonyl (C=O) groups is 1. The van der Waals surface area contributed by atoms with E-state index >= 15 is 0 Å². The first-order valence-electron chi connectivity index (χ1n) is 6.60. The quantitative estimate of drug-likeness (QED) is 0.840. The number of amides is 1. The molecular formula is C13H19N3OS. The molecule has 5 heteroatoms. The molecule has 1 aliphatic carbocycles. The number of aryl methyl sites for hydroxylation is 1. The number of rotatable bonds is 1. The summed E-state index contributed by atoms with van der Waals surface area (Å²) in [5.41, 5.74) is 8.63. The molecule has 0 bridgehead atoms. The zero-order valence-corrected chi connectivity index (χ0v) is 11.4. The van der Waals surface area contributed by atoms with Crippen molar-refractivity contribution in [3.8, 4) is 0 Å². The Kier molecular flexibility index (Phi) is 3.11. The summed E-state index contributed by atoms with van der Waals surface area (Å²) in [7, 11) is 0. The number of hydrogen-bond donors (Lipinski definition) is 1. The Morgan fingerprint density at radius 1 is 1.44 bits per heavy atom. The number of nitrogens with zero attached hydrogens (tertiary/aromatic N) is 2. The first kappa shape index (κ1) is 12.1. The highest BCUT2D eigenvalue weighted by molar-refractivity contribution is 7.11. The van der Waals surface area contributed by atoms with Crippen LogP contribution >= 0.6 is 11.3 Å². The fraction of sp³-hybridized carbons (Fsp3) is 0.692. The number of likely N-dealkylation sites (tertiary alicyclic amines) is 1. The van der Waals surface area contributed by atoms with Gasteiger partial charge in [0.25, 0.3) is 5.91 Å². The monoisotopic (exact) mass is 265 g/mol. The number of hydrogen-bond acceptors (Lipinski definition) is 4. The molecule has 1 aromatic rings. The minimum atomic E-state index is 0.165. The molecule has 3 atom stereocenters.